The molecular weight excluding hydrogens is 426 g/mol. The van der Waals surface area contributed by atoms with Gasteiger partial charge in [-0.1, -0.05) is 48.5 Å². The Bertz CT molecular complexity index is 1340. The summed E-state index contributed by atoms with van der Waals surface area (Å²) in [6.07, 6.45) is 3.33. The first-order valence-electron chi connectivity index (χ1n) is 11.6. The fourth-order valence-electron chi connectivity index (χ4n) is 4.52. The predicted octanol–water partition coefficient (Wildman–Crippen LogP) is 3.37. The number of hydrogen-bond acceptors (Lipinski definition) is 5. The second kappa shape index (κ2) is 9.87. The second-order valence-electron chi connectivity index (χ2n) is 8.63. The minimum atomic E-state index is -0.201. The topological polar surface area (TPSA) is 80.1 Å². The molecule has 1 amide bonds. The summed E-state index contributed by atoms with van der Waals surface area (Å²) < 4.78 is 1.79. The number of pyridine rings is 1. The van der Waals surface area contributed by atoms with E-state index in [0.717, 1.165) is 35.1 Å². The zero-order valence-corrected chi connectivity index (χ0v) is 18.9. The Morgan fingerprint density at radius 2 is 1.79 bits per heavy atom. The van der Waals surface area contributed by atoms with E-state index in [4.69, 9.17) is 4.98 Å². The molecule has 1 aliphatic rings. The lowest BCUT2D eigenvalue weighted by atomic mass is 9.97. The SMILES string of the molecule is O=C(NCc1ccccn1)[C@@H]1CCCN(c2nc3ccccc3n(Cc3ccccc3)c2=O)C1. The van der Waals surface area contributed by atoms with Crippen LogP contribution >= 0.6 is 0 Å². The van der Waals surface area contributed by atoms with Crippen LogP contribution in [0.15, 0.2) is 83.8 Å². The highest BCUT2D eigenvalue weighted by atomic mass is 16.2. The molecule has 1 aliphatic heterocycles. The summed E-state index contributed by atoms with van der Waals surface area (Å²) in [5.74, 6) is 0.199. The lowest BCUT2D eigenvalue weighted by molar-refractivity contribution is -0.125. The van der Waals surface area contributed by atoms with Gasteiger partial charge in [-0.2, -0.15) is 0 Å². The molecule has 1 fully saturated rings. The maximum Gasteiger partial charge on any atom is 0.294 e. The van der Waals surface area contributed by atoms with Crippen molar-refractivity contribution in [3.8, 4) is 0 Å². The highest BCUT2D eigenvalue weighted by molar-refractivity contribution is 5.80. The van der Waals surface area contributed by atoms with Crippen LogP contribution < -0.4 is 15.8 Å². The molecule has 2 aromatic carbocycles. The first kappa shape index (κ1) is 21.8. The van der Waals surface area contributed by atoms with Crippen LogP contribution in [-0.2, 0) is 17.9 Å². The quantitative estimate of drug-likeness (QED) is 0.484. The van der Waals surface area contributed by atoms with Crippen molar-refractivity contribution in [3.63, 3.8) is 0 Å². The smallest absolute Gasteiger partial charge is 0.294 e. The molecule has 0 radical (unpaired) electrons. The fourth-order valence-corrected chi connectivity index (χ4v) is 4.52. The Labute approximate surface area is 198 Å². The number of carbonyl (C=O) groups excluding carboxylic acids is 1. The van der Waals surface area contributed by atoms with Gasteiger partial charge in [-0.3, -0.25) is 19.1 Å². The Balaban J connectivity index is 1.40. The molecule has 1 saturated heterocycles. The fraction of sp³-hybridized carbons (Fsp3) is 0.259. The molecule has 34 heavy (non-hydrogen) atoms. The van der Waals surface area contributed by atoms with E-state index in [1.54, 1.807) is 10.8 Å². The Morgan fingerprint density at radius 3 is 2.62 bits per heavy atom. The van der Waals surface area contributed by atoms with Gasteiger partial charge in [0.1, 0.15) is 0 Å². The van der Waals surface area contributed by atoms with Crippen molar-refractivity contribution in [3.05, 3.63) is 101 Å². The van der Waals surface area contributed by atoms with E-state index in [1.165, 1.54) is 0 Å². The number of nitrogens with zero attached hydrogens (tertiary/aromatic N) is 4. The van der Waals surface area contributed by atoms with E-state index < -0.39 is 0 Å². The largest absolute Gasteiger partial charge is 0.351 e. The summed E-state index contributed by atoms with van der Waals surface area (Å²) in [6.45, 7) is 2.04. The monoisotopic (exact) mass is 453 g/mol. The molecule has 5 rings (SSSR count). The molecule has 0 aliphatic carbocycles. The van der Waals surface area contributed by atoms with E-state index in [-0.39, 0.29) is 17.4 Å². The standard InChI is InChI=1S/C27H27N5O2/c33-26(29-17-22-12-6-7-15-28-22)21-11-8-16-31(19-21)25-27(34)32(18-20-9-2-1-3-10-20)24-14-5-4-13-23(24)30-25/h1-7,9-10,12-15,21H,8,11,16-19H2,(H,29,33)/t21-/m1/s1. The summed E-state index contributed by atoms with van der Waals surface area (Å²) in [4.78, 5) is 37.5. The van der Waals surface area contributed by atoms with Crippen molar-refractivity contribution in [2.24, 2.45) is 5.92 Å². The lowest BCUT2D eigenvalue weighted by Crippen LogP contribution is -2.45. The number of anilines is 1. The van der Waals surface area contributed by atoms with Gasteiger partial charge in [-0.25, -0.2) is 4.98 Å². The molecule has 0 unspecified atom stereocenters. The third-order valence-electron chi connectivity index (χ3n) is 6.28. The number of fused-ring (bicyclic) bond motifs is 1. The third kappa shape index (κ3) is 4.69. The van der Waals surface area contributed by atoms with E-state index in [2.05, 4.69) is 10.3 Å². The van der Waals surface area contributed by atoms with Crippen LogP contribution in [0.25, 0.3) is 11.0 Å². The van der Waals surface area contributed by atoms with Crippen LogP contribution in [0, 0.1) is 5.92 Å². The van der Waals surface area contributed by atoms with E-state index in [1.807, 2.05) is 77.7 Å². The number of para-hydroxylation sites is 2. The number of rotatable bonds is 6. The Hall–Kier alpha value is -4.00. The van der Waals surface area contributed by atoms with Crippen molar-refractivity contribution in [2.75, 3.05) is 18.0 Å². The molecule has 7 heteroatoms. The summed E-state index contributed by atoms with van der Waals surface area (Å²) in [7, 11) is 0. The normalized spacial score (nSPS) is 15.9. The van der Waals surface area contributed by atoms with Gasteiger partial charge in [0.15, 0.2) is 5.82 Å². The summed E-state index contributed by atoms with van der Waals surface area (Å²) in [5.41, 5.74) is 3.33. The van der Waals surface area contributed by atoms with Crippen LogP contribution in [0.5, 0.6) is 0 Å². The zero-order chi connectivity index (χ0) is 23.3. The molecule has 1 atom stereocenters. The van der Waals surface area contributed by atoms with Crippen LogP contribution in [0.3, 0.4) is 0 Å². The van der Waals surface area contributed by atoms with Gasteiger partial charge < -0.3 is 10.2 Å². The van der Waals surface area contributed by atoms with Crippen molar-refractivity contribution < 1.29 is 4.79 Å². The van der Waals surface area contributed by atoms with Crippen LogP contribution in [0.4, 0.5) is 5.82 Å². The van der Waals surface area contributed by atoms with Gasteiger partial charge in [0.05, 0.1) is 35.7 Å². The van der Waals surface area contributed by atoms with Crippen LogP contribution in [0.2, 0.25) is 0 Å². The van der Waals surface area contributed by atoms with Crippen molar-refractivity contribution in [1.82, 2.24) is 19.9 Å². The number of benzene rings is 2. The lowest BCUT2D eigenvalue weighted by Gasteiger charge is -2.32. The zero-order valence-electron chi connectivity index (χ0n) is 18.9. The molecule has 172 valence electrons. The molecule has 0 spiro atoms. The minimum Gasteiger partial charge on any atom is -0.351 e. The average molecular weight is 454 g/mol. The van der Waals surface area contributed by atoms with Gasteiger partial charge >= 0.3 is 0 Å². The molecule has 3 heterocycles. The molecule has 0 saturated carbocycles. The van der Waals surface area contributed by atoms with Crippen LogP contribution in [-0.4, -0.2) is 33.5 Å². The van der Waals surface area contributed by atoms with Crippen molar-refractivity contribution >= 4 is 22.8 Å². The summed E-state index contributed by atoms with van der Waals surface area (Å²) >= 11 is 0. The maximum absolute atomic E-state index is 13.6. The van der Waals surface area contributed by atoms with Gasteiger partial charge in [-0.15, -0.1) is 0 Å². The Kier molecular flexibility index (Phi) is 6.33. The predicted molar refractivity (Wildman–Crippen MR) is 133 cm³/mol. The molecule has 1 N–H and O–H groups in total. The van der Waals surface area contributed by atoms with Gasteiger partial charge in [-0.05, 0) is 42.7 Å². The number of hydrogen-bond donors (Lipinski definition) is 1. The molecule has 0 bridgehead atoms. The number of piperidine rings is 1. The first-order valence-corrected chi connectivity index (χ1v) is 11.6. The first-order chi connectivity index (χ1) is 16.7. The molecule has 7 nitrogen and oxygen atoms in total. The average Bonchev–Trinajstić information content (AvgIpc) is 2.90. The molecular formula is C27H27N5O2. The number of aromatic nitrogens is 3. The Morgan fingerprint density at radius 1 is 1.00 bits per heavy atom. The summed E-state index contributed by atoms with van der Waals surface area (Å²) in [5, 5.41) is 3.00. The molecule has 4 aromatic rings. The van der Waals surface area contributed by atoms with Crippen molar-refractivity contribution in [2.45, 2.75) is 25.9 Å². The van der Waals surface area contributed by atoms with E-state index in [9.17, 15) is 9.59 Å². The van der Waals surface area contributed by atoms with E-state index in [0.29, 0.717) is 32.0 Å². The molecule has 2 aromatic heterocycles. The highest BCUT2D eigenvalue weighted by Gasteiger charge is 2.28. The minimum absolute atomic E-state index is 0.0132. The van der Waals surface area contributed by atoms with Gasteiger partial charge in [0.25, 0.3) is 5.56 Å². The maximum atomic E-state index is 13.6. The van der Waals surface area contributed by atoms with Crippen LogP contribution in [0.1, 0.15) is 24.1 Å². The number of nitrogens with one attached hydrogen (secondary N) is 1. The third-order valence-corrected chi connectivity index (χ3v) is 6.28. The van der Waals surface area contributed by atoms with Gasteiger partial charge in [0, 0.05) is 19.3 Å². The number of carbonyl (C=O) groups is 1. The van der Waals surface area contributed by atoms with E-state index >= 15 is 0 Å². The summed E-state index contributed by atoms with van der Waals surface area (Å²) in [6, 6.07) is 23.3. The van der Waals surface area contributed by atoms with Crippen molar-refractivity contribution in [1.29, 1.82) is 0 Å². The number of amides is 1. The second-order valence-corrected chi connectivity index (χ2v) is 8.63. The highest BCUT2D eigenvalue weighted by Crippen LogP contribution is 2.22. The van der Waals surface area contributed by atoms with Gasteiger partial charge in [0.2, 0.25) is 5.91 Å².